The molecule has 1 aliphatic heterocycles. The van der Waals surface area contributed by atoms with Crippen LogP contribution in [0.3, 0.4) is 0 Å². The molecule has 0 aliphatic carbocycles. The van der Waals surface area contributed by atoms with Crippen molar-refractivity contribution in [2.75, 3.05) is 7.05 Å². The normalized spacial score (nSPS) is 18.2. The van der Waals surface area contributed by atoms with E-state index in [1.54, 1.807) is 20.8 Å². The highest BCUT2D eigenvalue weighted by atomic mass is 16.7. The highest BCUT2D eigenvalue weighted by Crippen LogP contribution is 2.38. The molecule has 2 rings (SSSR count). The molecule has 10 heteroatoms. The summed E-state index contributed by atoms with van der Waals surface area (Å²) in [5, 5.41) is 5.17. The van der Waals surface area contributed by atoms with E-state index in [9.17, 15) is 14.4 Å². The number of alkyl carbamates (subject to hydrolysis) is 1. The first-order valence-electron chi connectivity index (χ1n) is 12.4. The molecular weight excluding hydrogens is 463 g/mol. The zero-order valence-electron chi connectivity index (χ0n) is 22.8. The van der Waals surface area contributed by atoms with E-state index in [1.165, 1.54) is 7.05 Å². The fourth-order valence-electron chi connectivity index (χ4n) is 3.80. The van der Waals surface area contributed by atoms with Crippen LogP contribution in [-0.2, 0) is 35.0 Å². The predicted molar refractivity (Wildman–Crippen MR) is 137 cm³/mol. The molecule has 0 unspecified atom stereocenters. The zero-order chi connectivity index (χ0) is 27.1. The molecule has 1 aliphatic rings. The molecule has 2 atom stereocenters. The number of hydrogen-bond acceptors (Lipinski definition) is 7. The number of nitrogens with one attached hydrogen (secondary N) is 2. The largest absolute Gasteiger partial charge is 0.458 e. The summed E-state index contributed by atoms with van der Waals surface area (Å²) in [6.07, 6.45) is 0.538. The lowest BCUT2D eigenvalue weighted by Crippen LogP contribution is -2.52. The van der Waals surface area contributed by atoms with Crippen molar-refractivity contribution in [1.29, 1.82) is 0 Å². The second kappa shape index (κ2) is 12.1. The van der Waals surface area contributed by atoms with Crippen molar-refractivity contribution >= 4 is 25.1 Å². The second-order valence-electron chi connectivity index (χ2n) is 11.1. The highest BCUT2D eigenvalue weighted by Gasteiger charge is 2.50. The van der Waals surface area contributed by atoms with Crippen LogP contribution >= 0.6 is 0 Å². The van der Waals surface area contributed by atoms with Gasteiger partial charge in [-0.05, 0) is 66.8 Å². The summed E-state index contributed by atoms with van der Waals surface area (Å²) in [7, 11) is 1.06. The number of rotatable bonds is 10. The summed E-state index contributed by atoms with van der Waals surface area (Å²) < 4.78 is 22.9. The molecule has 1 aromatic rings. The quantitative estimate of drug-likeness (QED) is 0.368. The summed E-state index contributed by atoms with van der Waals surface area (Å²) in [5.41, 5.74) is -0.921. The Morgan fingerprint density at radius 1 is 1.03 bits per heavy atom. The topological polar surface area (TPSA) is 112 Å². The van der Waals surface area contributed by atoms with E-state index < -0.39 is 47.9 Å². The summed E-state index contributed by atoms with van der Waals surface area (Å²) in [5.74, 6) is -1.97. The second-order valence-corrected chi connectivity index (χ2v) is 11.1. The lowest BCUT2D eigenvalue weighted by molar-refractivity contribution is -0.160. The Hall–Kier alpha value is -2.59. The molecule has 0 saturated carbocycles. The lowest BCUT2D eigenvalue weighted by Gasteiger charge is -2.32. The van der Waals surface area contributed by atoms with Crippen molar-refractivity contribution in [1.82, 2.24) is 10.6 Å². The Balaban J connectivity index is 2.11. The van der Waals surface area contributed by atoms with E-state index >= 15 is 0 Å². The lowest BCUT2D eigenvalue weighted by atomic mass is 9.80. The fraction of sp³-hybridized carbons (Fsp3) is 0.654. The Morgan fingerprint density at radius 3 is 2.14 bits per heavy atom. The third-order valence-corrected chi connectivity index (χ3v) is 6.39. The van der Waals surface area contributed by atoms with Gasteiger partial charge in [-0.25, -0.2) is 9.59 Å². The van der Waals surface area contributed by atoms with Gasteiger partial charge < -0.3 is 29.4 Å². The van der Waals surface area contributed by atoms with Gasteiger partial charge in [0, 0.05) is 7.05 Å². The molecule has 1 heterocycles. The number of ether oxygens (including phenoxy) is 2. The first kappa shape index (κ1) is 29.6. The van der Waals surface area contributed by atoms with Crippen molar-refractivity contribution in [2.24, 2.45) is 5.92 Å². The summed E-state index contributed by atoms with van der Waals surface area (Å²) in [6.45, 7) is 13.1. The minimum atomic E-state index is -1.23. The van der Waals surface area contributed by atoms with Gasteiger partial charge in [-0.3, -0.25) is 4.79 Å². The van der Waals surface area contributed by atoms with E-state index in [0.29, 0.717) is 19.2 Å². The average molecular weight is 504 g/mol. The van der Waals surface area contributed by atoms with Crippen LogP contribution in [0.5, 0.6) is 0 Å². The van der Waals surface area contributed by atoms with Crippen molar-refractivity contribution in [2.45, 2.75) is 97.1 Å². The Morgan fingerprint density at radius 2 is 1.61 bits per heavy atom. The van der Waals surface area contributed by atoms with Crippen molar-refractivity contribution in [3.63, 3.8) is 0 Å². The first-order valence-corrected chi connectivity index (χ1v) is 12.4. The molecule has 9 nitrogen and oxygen atoms in total. The molecule has 0 bridgehead atoms. The maximum Gasteiger partial charge on any atom is 0.457 e. The van der Waals surface area contributed by atoms with Gasteiger partial charge >= 0.3 is 19.2 Å². The third-order valence-electron chi connectivity index (χ3n) is 6.39. The number of carbonyl (C=O) groups excluding carboxylic acids is 3. The van der Waals surface area contributed by atoms with Gasteiger partial charge in [0.1, 0.15) is 18.2 Å². The van der Waals surface area contributed by atoms with E-state index in [-0.39, 0.29) is 12.5 Å². The monoisotopic (exact) mass is 504 g/mol. The Labute approximate surface area is 215 Å². The van der Waals surface area contributed by atoms with Crippen molar-refractivity contribution in [3.8, 4) is 0 Å². The van der Waals surface area contributed by atoms with Gasteiger partial charge in [-0.15, -0.1) is 0 Å². The first-order chi connectivity index (χ1) is 16.6. The minimum absolute atomic E-state index is 0.0281. The maximum atomic E-state index is 13.1. The summed E-state index contributed by atoms with van der Waals surface area (Å²) in [4.78, 5) is 38.6. The van der Waals surface area contributed by atoms with Crippen molar-refractivity contribution in [3.05, 3.63) is 35.9 Å². The van der Waals surface area contributed by atoms with Crippen LogP contribution in [-0.4, -0.2) is 55.0 Å². The maximum absolute atomic E-state index is 13.1. The smallest absolute Gasteiger partial charge is 0.457 e. The molecule has 2 N–H and O–H groups in total. The van der Waals surface area contributed by atoms with Gasteiger partial charge in [0.15, 0.2) is 0 Å². The van der Waals surface area contributed by atoms with E-state index in [2.05, 4.69) is 10.6 Å². The molecule has 36 heavy (non-hydrogen) atoms. The third kappa shape index (κ3) is 8.52. The van der Waals surface area contributed by atoms with Gasteiger partial charge in [-0.1, -0.05) is 36.8 Å². The van der Waals surface area contributed by atoms with Crippen LogP contribution in [0.4, 0.5) is 4.79 Å². The highest BCUT2D eigenvalue weighted by molar-refractivity contribution is 6.45. The van der Waals surface area contributed by atoms with Crippen molar-refractivity contribution < 1.29 is 33.2 Å². The van der Waals surface area contributed by atoms with Gasteiger partial charge in [0.05, 0.1) is 17.1 Å². The molecule has 200 valence electrons. The van der Waals surface area contributed by atoms with Gasteiger partial charge in [0.2, 0.25) is 5.91 Å². The van der Waals surface area contributed by atoms with Crippen LogP contribution in [0.2, 0.25) is 6.32 Å². The molecule has 0 spiro atoms. The van der Waals surface area contributed by atoms with Crippen LogP contribution in [0, 0.1) is 5.92 Å². The average Bonchev–Trinajstić information content (AvgIpc) is 2.99. The van der Waals surface area contributed by atoms with E-state index in [4.69, 9.17) is 18.8 Å². The molecular formula is C26H41BN2O7. The number of esters is 1. The zero-order valence-corrected chi connectivity index (χ0v) is 22.8. The minimum Gasteiger partial charge on any atom is -0.458 e. The van der Waals surface area contributed by atoms with Crippen LogP contribution in [0.25, 0.3) is 0 Å². The number of benzene rings is 1. The standard InChI is InChI=1S/C26H41BN2O7/c1-24(2,3)34-22(31)20(29-23(32)33-17-18-13-10-9-11-14-18)19(21(30)28-8)15-12-16-27-35-25(4,5)26(6,7)36-27/h9-11,13-14,19-20H,12,15-17H2,1-8H3,(H,28,30)(H,29,32)/t19-,20-/m0/s1. The number of amides is 2. The summed E-state index contributed by atoms with van der Waals surface area (Å²) in [6, 6.07) is 7.94. The Kier molecular flexibility index (Phi) is 9.96. The predicted octanol–water partition coefficient (Wildman–Crippen LogP) is 3.86. The number of carbonyl (C=O) groups is 3. The van der Waals surface area contributed by atoms with Gasteiger partial charge in [0.25, 0.3) is 0 Å². The molecule has 0 aromatic heterocycles. The van der Waals surface area contributed by atoms with Crippen LogP contribution < -0.4 is 10.6 Å². The molecule has 1 aromatic carbocycles. The molecule has 1 fully saturated rings. The molecule has 0 radical (unpaired) electrons. The van der Waals surface area contributed by atoms with Crippen LogP contribution in [0.1, 0.15) is 66.9 Å². The fourth-order valence-corrected chi connectivity index (χ4v) is 3.80. The van der Waals surface area contributed by atoms with Crippen LogP contribution in [0.15, 0.2) is 30.3 Å². The van der Waals surface area contributed by atoms with E-state index in [0.717, 1.165) is 5.56 Å². The van der Waals surface area contributed by atoms with Gasteiger partial charge in [-0.2, -0.15) is 0 Å². The van der Waals surface area contributed by atoms with E-state index in [1.807, 2.05) is 58.0 Å². The Bertz CT molecular complexity index is 883. The molecule has 1 saturated heterocycles. The number of hydrogen-bond donors (Lipinski definition) is 2. The SMILES string of the molecule is CNC(=O)[C@@H](CCCB1OC(C)(C)C(C)(C)O1)[C@H](NC(=O)OCc1ccccc1)C(=O)OC(C)(C)C. The summed E-state index contributed by atoms with van der Waals surface area (Å²) >= 11 is 0. The molecule has 2 amide bonds.